The number of nitrogens with zero attached hydrogens (tertiary/aromatic N) is 1. The fourth-order valence-corrected chi connectivity index (χ4v) is 5.04. The fraction of sp³-hybridized carbons (Fsp3) is 0.600. The molecule has 0 bridgehead atoms. The average molecular weight is 377 g/mol. The minimum Gasteiger partial charge on any atom is -0.497 e. The first kappa shape index (κ1) is 19.2. The molecule has 1 saturated heterocycles. The summed E-state index contributed by atoms with van der Waals surface area (Å²) in [7, 11) is -5.67. The second-order valence-electron chi connectivity index (χ2n) is 5.98. The molecule has 9 heteroatoms. The minimum absolute atomic E-state index is 0.147. The van der Waals surface area contributed by atoms with E-state index in [0.717, 1.165) is 12.8 Å². The first-order valence-electron chi connectivity index (χ1n) is 7.86. The molecule has 1 aromatic carbocycles. The van der Waals surface area contributed by atoms with Crippen LogP contribution in [-0.4, -0.2) is 53.6 Å². The third-order valence-corrected chi connectivity index (χ3v) is 7.50. The highest BCUT2D eigenvalue weighted by Crippen LogP contribution is 2.18. The van der Waals surface area contributed by atoms with Gasteiger partial charge in [0.05, 0.1) is 17.8 Å². The Balaban J connectivity index is 1.92. The number of hydrogen-bond donors (Lipinski definition) is 1. The largest absolute Gasteiger partial charge is 0.497 e. The molecule has 24 heavy (non-hydrogen) atoms. The predicted molar refractivity (Wildman–Crippen MR) is 91.9 cm³/mol. The molecule has 0 atom stereocenters. The summed E-state index contributed by atoms with van der Waals surface area (Å²) in [4.78, 5) is 0.147. The molecule has 0 spiro atoms. The van der Waals surface area contributed by atoms with Crippen molar-refractivity contribution in [1.29, 1.82) is 0 Å². The van der Waals surface area contributed by atoms with Gasteiger partial charge >= 0.3 is 0 Å². The number of nitrogens with one attached hydrogen (secondary N) is 1. The Bertz CT molecular complexity index is 737. The lowest BCUT2D eigenvalue weighted by Gasteiger charge is -2.29. The van der Waals surface area contributed by atoms with Gasteiger partial charge in [0.2, 0.25) is 0 Å². The molecule has 0 aliphatic carbocycles. The number of methoxy groups -OCH3 is 1. The molecular formula is C15H24N2O5S2. The van der Waals surface area contributed by atoms with E-state index in [1.165, 1.54) is 23.5 Å². The third kappa shape index (κ3) is 4.92. The van der Waals surface area contributed by atoms with Gasteiger partial charge in [0.15, 0.2) is 9.84 Å². The second-order valence-corrected chi connectivity index (χ2v) is 9.84. The molecule has 1 fully saturated rings. The van der Waals surface area contributed by atoms with E-state index in [0.29, 0.717) is 24.8 Å². The molecule has 0 amide bonds. The van der Waals surface area contributed by atoms with Gasteiger partial charge in [-0.2, -0.15) is 12.7 Å². The molecule has 1 aliphatic heterocycles. The van der Waals surface area contributed by atoms with Gasteiger partial charge in [-0.05, 0) is 43.0 Å². The lowest BCUT2D eigenvalue weighted by Crippen LogP contribution is -2.45. The zero-order valence-electron chi connectivity index (χ0n) is 13.9. The summed E-state index contributed by atoms with van der Waals surface area (Å²) < 4.78 is 57.7. The number of hydrogen-bond acceptors (Lipinski definition) is 5. The van der Waals surface area contributed by atoms with Crippen molar-refractivity contribution >= 4 is 20.0 Å². The number of piperidine rings is 1. The van der Waals surface area contributed by atoms with Crippen LogP contribution < -0.4 is 9.46 Å². The Labute approximate surface area is 144 Å². The van der Waals surface area contributed by atoms with E-state index in [4.69, 9.17) is 4.74 Å². The molecule has 2 rings (SSSR count). The summed E-state index contributed by atoms with van der Waals surface area (Å²) in [6.45, 7) is 2.89. The zero-order valence-corrected chi connectivity index (χ0v) is 15.6. The van der Waals surface area contributed by atoms with Crippen molar-refractivity contribution in [2.75, 3.05) is 32.5 Å². The Kier molecular flexibility index (Phi) is 6.24. The summed E-state index contributed by atoms with van der Waals surface area (Å²) in [6, 6.07) is 6.03. The van der Waals surface area contributed by atoms with E-state index in [1.807, 2.05) is 0 Å². The van der Waals surface area contributed by atoms with Gasteiger partial charge in [-0.25, -0.2) is 13.1 Å². The van der Waals surface area contributed by atoms with Gasteiger partial charge < -0.3 is 4.74 Å². The highest BCUT2D eigenvalue weighted by molar-refractivity contribution is 7.91. The van der Waals surface area contributed by atoms with Crippen molar-refractivity contribution in [2.24, 2.45) is 5.92 Å². The van der Waals surface area contributed by atoms with E-state index < -0.39 is 20.0 Å². The Morgan fingerprint density at radius 1 is 1.12 bits per heavy atom. The molecule has 1 aromatic rings. The van der Waals surface area contributed by atoms with E-state index in [9.17, 15) is 16.8 Å². The summed E-state index contributed by atoms with van der Waals surface area (Å²) in [5.41, 5.74) is 0. The molecule has 1 aliphatic rings. The molecule has 136 valence electrons. The molecule has 0 radical (unpaired) electrons. The Hall–Kier alpha value is -1.16. The lowest BCUT2D eigenvalue weighted by molar-refractivity contribution is 0.285. The topological polar surface area (TPSA) is 92.8 Å². The first-order valence-corrected chi connectivity index (χ1v) is 11.0. The summed E-state index contributed by atoms with van der Waals surface area (Å²) in [5, 5.41) is 0. The number of rotatable bonds is 7. The smallest absolute Gasteiger partial charge is 0.279 e. The van der Waals surface area contributed by atoms with Gasteiger partial charge in [-0.15, -0.1) is 0 Å². The highest BCUT2D eigenvalue weighted by atomic mass is 32.2. The molecule has 0 saturated carbocycles. The van der Waals surface area contributed by atoms with Crippen molar-refractivity contribution in [1.82, 2.24) is 9.03 Å². The van der Waals surface area contributed by atoms with Gasteiger partial charge in [-0.1, -0.05) is 6.92 Å². The summed E-state index contributed by atoms with van der Waals surface area (Å²) in [5.74, 6) is 0.795. The van der Waals surface area contributed by atoms with Crippen molar-refractivity contribution in [3.63, 3.8) is 0 Å². The zero-order chi connectivity index (χ0) is 17.8. The van der Waals surface area contributed by atoms with Gasteiger partial charge in [-0.3, -0.25) is 0 Å². The quantitative estimate of drug-likeness (QED) is 0.767. The maximum atomic E-state index is 12.2. The molecule has 1 heterocycles. The Morgan fingerprint density at radius 3 is 2.25 bits per heavy atom. The van der Waals surface area contributed by atoms with Crippen molar-refractivity contribution in [2.45, 2.75) is 24.7 Å². The molecule has 0 aromatic heterocycles. The van der Waals surface area contributed by atoms with Crippen molar-refractivity contribution in [3.05, 3.63) is 24.3 Å². The van der Waals surface area contributed by atoms with Crippen molar-refractivity contribution in [3.8, 4) is 5.75 Å². The van der Waals surface area contributed by atoms with Crippen LogP contribution in [0.2, 0.25) is 0 Å². The van der Waals surface area contributed by atoms with E-state index in [-0.39, 0.29) is 17.2 Å². The molecule has 1 N–H and O–H groups in total. The van der Waals surface area contributed by atoms with Crippen LogP contribution in [-0.2, 0) is 20.0 Å². The van der Waals surface area contributed by atoms with E-state index >= 15 is 0 Å². The van der Waals surface area contributed by atoms with Crippen LogP contribution in [0.5, 0.6) is 5.75 Å². The van der Waals surface area contributed by atoms with E-state index in [2.05, 4.69) is 11.6 Å². The normalized spacial score (nSPS) is 17.8. The monoisotopic (exact) mass is 376 g/mol. The number of ether oxygens (including phenoxy) is 1. The standard InChI is InChI=1S/C15H24N2O5S2/c1-13-7-10-17(11-8-13)24(20,21)16-9-12-23(18,19)15-5-3-14(22-2)4-6-15/h3-6,13,16H,7-12H2,1-2H3. The maximum absolute atomic E-state index is 12.2. The van der Waals surface area contributed by atoms with Crippen LogP contribution in [0.4, 0.5) is 0 Å². The predicted octanol–water partition coefficient (Wildman–Crippen LogP) is 1.04. The minimum atomic E-state index is -3.62. The average Bonchev–Trinajstić information content (AvgIpc) is 2.55. The maximum Gasteiger partial charge on any atom is 0.279 e. The molecular weight excluding hydrogens is 352 g/mol. The Morgan fingerprint density at radius 2 is 1.71 bits per heavy atom. The summed E-state index contributed by atoms with van der Waals surface area (Å²) in [6.07, 6.45) is 1.65. The van der Waals surface area contributed by atoms with Crippen LogP contribution >= 0.6 is 0 Å². The SMILES string of the molecule is COc1ccc(S(=O)(=O)CCNS(=O)(=O)N2CCC(C)CC2)cc1. The highest BCUT2D eigenvalue weighted by Gasteiger charge is 2.26. The van der Waals surface area contributed by atoms with Gasteiger partial charge in [0.25, 0.3) is 10.2 Å². The van der Waals surface area contributed by atoms with Crippen LogP contribution in [0, 0.1) is 5.92 Å². The first-order chi connectivity index (χ1) is 11.2. The van der Waals surface area contributed by atoms with Crippen molar-refractivity contribution < 1.29 is 21.6 Å². The van der Waals surface area contributed by atoms with Crippen LogP contribution in [0.15, 0.2) is 29.2 Å². The number of sulfone groups is 1. The van der Waals surface area contributed by atoms with Gasteiger partial charge in [0.1, 0.15) is 5.75 Å². The molecule has 7 nitrogen and oxygen atoms in total. The third-order valence-electron chi connectivity index (χ3n) is 4.16. The van der Waals surface area contributed by atoms with Crippen LogP contribution in [0.1, 0.15) is 19.8 Å². The number of benzene rings is 1. The molecule has 0 unspecified atom stereocenters. The second kappa shape index (κ2) is 7.81. The lowest BCUT2D eigenvalue weighted by atomic mass is 10.0. The van der Waals surface area contributed by atoms with E-state index in [1.54, 1.807) is 12.1 Å². The summed E-state index contributed by atoms with van der Waals surface area (Å²) >= 11 is 0. The fourth-order valence-electron chi connectivity index (χ4n) is 2.52. The van der Waals surface area contributed by atoms with Crippen LogP contribution in [0.25, 0.3) is 0 Å². The van der Waals surface area contributed by atoms with Crippen LogP contribution in [0.3, 0.4) is 0 Å². The van der Waals surface area contributed by atoms with Gasteiger partial charge in [0, 0.05) is 19.6 Å².